The lowest BCUT2D eigenvalue weighted by atomic mass is 10.0. The van der Waals surface area contributed by atoms with E-state index in [0.717, 1.165) is 0 Å². The number of rotatable bonds is 0. The molecule has 38 heavy (non-hydrogen) atoms. The number of hydrogen-bond donors (Lipinski definition) is 0. The van der Waals surface area contributed by atoms with Crippen LogP contribution in [0.1, 0.15) is 0 Å². The van der Waals surface area contributed by atoms with Gasteiger partial charge >= 0.3 is 0 Å². The van der Waals surface area contributed by atoms with Gasteiger partial charge in [-0.1, -0.05) is 97.1 Å². The van der Waals surface area contributed by atoms with Gasteiger partial charge in [-0.15, -0.1) is 0 Å². The third kappa shape index (κ3) is 2.51. The summed E-state index contributed by atoms with van der Waals surface area (Å²) in [5.41, 5.74) is 7.25. The second-order valence-electron chi connectivity index (χ2n) is 10.2. The van der Waals surface area contributed by atoms with Gasteiger partial charge in [0.25, 0.3) is 0 Å². The second kappa shape index (κ2) is 7.24. The summed E-state index contributed by atoms with van der Waals surface area (Å²) >= 11 is 0. The second-order valence-corrected chi connectivity index (χ2v) is 10.2. The zero-order chi connectivity index (χ0) is 24.8. The first kappa shape index (κ1) is 20.0. The summed E-state index contributed by atoms with van der Waals surface area (Å²) < 4.78 is 4.91. The average molecular weight is 483 g/mol. The quantitative estimate of drug-likeness (QED) is 0.203. The smallest absolute Gasteiger partial charge is 0.0702 e. The largest absolute Gasteiger partial charge is 0.307 e. The van der Waals surface area contributed by atoms with E-state index < -0.39 is 0 Å². The number of benzene rings is 6. The highest BCUT2D eigenvalue weighted by Crippen LogP contribution is 2.36. The maximum absolute atomic E-state index is 2.46. The van der Waals surface area contributed by atoms with Gasteiger partial charge in [0.2, 0.25) is 0 Å². The number of nitrogens with zero attached hydrogens (tertiary/aromatic N) is 2. The molecule has 0 amide bonds. The minimum Gasteiger partial charge on any atom is -0.307 e. The number of para-hydroxylation sites is 4. The normalized spacial score (nSPS) is 12.2. The molecule has 2 heteroatoms. The van der Waals surface area contributed by atoms with Crippen molar-refractivity contribution in [3.8, 4) is 0 Å². The van der Waals surface area contributed by atoms with E-state index in [-0.39, 0.29) is 0 Å². The van der Waals surface area contributed by atoms with Crippen LogP contribution in [-0.4, -0.2) is 8.80 Å². The number of fused-ring (bicyclic) bond motifs is 14. The van der Waals surface area contributed by atoms with E-state index in [0.29, 0.717) is 0 Å². The SMILES string of the molecule is c1ccc2c3ccc4c5ccccc5n(c4c3)c3ccccc3n3c4ccccc4c4ccc(cc43)c2c1. The van der Waals surface area contributed by atoms with Gasteiger partial charge in [-0.3, -0.25) is 0 Å². The predicted molar refractivity (Wildman–Crippen MR) is 162 cm³/mol. The molecule has 0 aliphatic heterocycles. The van der Waals surface area contributed by atoms with Gasteiger partial charge in [0.15, 0.2) is 0 Å². The molecule has 0 radical (unpaired) electrons. The summed E-state index contributed by atoms with van der Waals surface area (Å²) in [6, 6.07) is 49.1. The highest BCUT2D eigenvalue weighted by molar-refractivity contribution is 6.17. The Morgan fingerprint density at radius 3 is 1.05 bits per heavy atom. The van der Waals surface area contributed by atoms with E-state index in [9.17, 15) is 0 Å². The molecule has 9 rings (SSSR count). The number of aromatic nitrogens is 2. The summed E-state index contributed by atoms with van der Waals surface area (Å²) in [4.78, 5) is 0. The fourth-order valence-corrected chi connectivity index (χ4v) is 6.62. The van der Waals surface area contributed by atoms with Crippen molar-refractivity contribution in [2.45, 2.75) is 0 Å². The Bertz CT molecular complexity index is 2280. The third-order valence-corrected chi connectivity index (χ3v) is 8.26. The fraction of sp³-hybridized carbons (Fsp3) is 0. The number of hydrogen-bond acceptors (Lipinski definition) is 0. The van der Waals surface area contributed by atoms with Crippen molar-refractivity contribution in [3.05, 3.63) is 133 Å². The van der Waals surface area contributed by atoms with E-state index in [1.807, 2.05) is 0 Å². The molecule has 0 unspecified atom stereocenters. The van der Waals surface area contributed by atoms with Crippen molar-refractivity contribution in [2.75, 3.05) is 0 Å². The molecule has 0 aliphatic carbocycles. The van der Waals surface area contributed by atoms with Crippen molar-refractivity contribution >= 4 is 76.2 Å². The Labute approximate surface area is 218 Å². The monoisotopic (exact) mass is 482 g/mol. The Kier molecular flexibility index (Phi) is 3.82. The molecule has 3 heterocycles. The molecule has 6 aromatic carbocycles. The van der Waals surface area contributed by atoms with Crippen LogP contribution in [0.5, 0.6) is 0 Å². The lowest BCUT2D eigenvalue weighted by Gasteiger charge is -2.07. The van der Waals surface area contributed by atoms with E-state index in [2.05, 4.69) is 142 Å². The molecule has 0 N–H and O–H groups in total. The van der Waals surface area contributed by atoms with Gasteiger partial charge < -0.3 is 8.80 Å². The lowest BCUT2D eigenvalue weighted by molar-refractivity contribution is 1.29. The molecule has 2 nitrogen and oxygen atoms in total. The van der Waals surface area contributed by atoms with Gasteiger partial charge in [0.05, 0.1) is 33.1 Å². The molecule has 0 fully saturated rings. The van der Waals surface area contributed by atoms with Crippen LogP contribution in [0.15, 0.2) is 133 Å². The van der Waals surface area contributed by atoms with E-state index in [4.69, 9.17) is 0 Å². The van der Waals surface area contributed by atoms with Crippen LogP contribution in [0.2, 0.25) is 0 Å². The molecular weight excluding hydrogens is 460 g/mol. The van der Waals surface area contributed by atoms with E-state index >= 15 is 0 Å². The maximum Gasteiger partial charge on any atom is 0.0702 e. The van der Waals surface area contributed by atoms with Gasteiger partial charge in [-0.25, -0.2) is 0 Å². The lowest BCUT2D eigenvalue weighted by Crippen LogP contribution is -1.91. The Hall–Kier alpha value is -5.08. The van der Waals surface area contributed by atoms with Crippen LogP contribution in [-0.2, 0) is 0 Å². The van der Waals surface area contributed by atoms with Crippen molar-refractivity contribution in [3.63, 3.8) is 0 Å². The summed E-state index contributed by atoms with van der Waals surface area (Å²) in [5.74, 6) is 0. The van der Waals surface area contributed by atoms with Gasteiger partial charge in [0.1, 0.15) is 0 Å². The van der Waals surface area contributed by atoms with Crippen molar-refractivity contribution in [2.24, 2.45) is 0 Å². The standard InChI is InChI=1S/C36H22N2/c1-2-10-26-24-18-20-30-28-12-4-6-14-32(28)38(36(30)22-24)34-16-8-7-15-33(34)37-31-13-5-3-11-27(31)29-19-17-23(21-35(29)37)25(26)9-1/h1-22H. The summed E-state index contributed by atoms with van der Waals surface area (Å²) in [6.07, 6.45) is 0. The van der Waals surface area contributed by atoms with E-state index in [1.54, 1.807) is 0 Å². The topological polar surface area (TPSA) is 8.82 Å². The fourth-order valence-electron chi connectivity index (χ4n) is 6.62. The zero-order valence-electron chi connectivity index (χ0n) is 20.6. The molecule has 0 spiro atoms. The zero-order valence-corrected chi connectivity index (χ0v) is 20.6. The van der Waals surface area contributed by atoms with Crippen LogP contribution in [0.3, 0.4) is 0 Å². The average Bonchev–Trinajstić information content (AvgIpc) is 3.48. The van der Waals surface area contributed by atoms with Crippen LogP contribution < -0.4 is 0 Å². The Balaban J connectivity index is 1.75. The molecule has 9 aromatic rings. The van der Waals surface area contributed by atoms with Crippen LogP contribution in [0.25, 0.3) is 76.2 Å². The maximum atomic E-state index is 2.46. The van der Waals surface area contributed by atoms with Crippen molar-refractivity contribution < 1.29 is 0 Å². The molecule has 0 saturated carbocycles. The van der Waals surface area contributed by atoms with Crippen molar-refractivity contribution in [1.82, 2.24) is 8.80 Å². The van der Waals surface area contributed by atoms with Gasteiger partial charge in [-0.05, 0) is 57.9 Å². The predicted octanol–water partition coefficient (Wildman–Crippen LogP) is 9.67. The Morgan fingerprint density at radius 2 is 0.605 bits per heavy atom. The summed E-state index contributed by atoms with van der Waals surface area (Å²) in [5, 5.41) is 10.1. The molecular formula is C36H22N2. The van der Waals surface area contributed by atoms with Crippen LogP contribution in [0, 0.1) is 0 Å². The first-order valence-electron chi connectivity index (χ1n) is 13.1. The summed E-state index contributed by atoms with van der Waals surface area (Å²) in [6.45, 7) is 0. The van der Waals surface area contributed by atoms with Crippen LogP contribution in [0.4, 0.5) is 0 Å². The minimum absolute atomic E-state index is 1.18. The summed E-state index contributed by atoms with van der Waals surface area (Å²) in [7, 11) is 0. The molecule has 0 aliphatic rings. The van der Waals surface area contributed by atoms with E-state index in [1.165, 1.54) is 76.2 Å². The first-order chi connectivity index (χ1) is 18.9. The van der Waals surface area contributed by atoms with Gasteiger partial charge in [0, 0.05) is 21.5 Å². The molecule has 3 aromatic heterocycles. The Morgan fingerprint density at radius 1 is 0.263 bits per heavy atom. The highest BCUT2D eigenvalue weighted by Gasteiger charge is 2.14. The van der Waals surface area contributed by atoms with Crippen LogP contribution >= 0.6 is 0 Å². The molecule has 4 bridgehead atoms. The highest BCUT2D eigenvalue weighted by atomic mass is 15.0. The first-order valence-corrected chi connectivity index (χ1v) is 13.1. The molecule has 0 saturated heterocycles. The minimum atomic E-state index is 1.18. The van der Waals surface area contributed by atoms with Crippen molar-refractivity contribution in [1.29, 1.82) is 0 Å². The molecule has 0 atom stereocenters. The third-order valence-electron chi connectivity index (χ3n) is 8.26. The molecule has 176 valence electrons. The van der Waals surface area contributed by atoms with Gasteiger partial charge in [-0.2, -0.15) is 0 Å².